The Kier molecular flexibility index (Phi) is 5.46. The van der Waals surface area contributed by atoms with Gasteiger partial charge in [0, 0.05) is 12.4 Å². The molecule has 0 amide bonds. The third-order valence-corrected chi connectivity index (χ3v) is 5.90. The van der Waals surface area contributed by atoms with Crippen LogP contribution in [-0.2, 0) is 9.53 Å². The standard InChI is InChI=1S/C23H21N3O3S/c1-4-29-22(28)19-15(3)25-23-26(20(19)17-7-5-14(2)6-8-17)21(27)18(30-23)13-16-9-11-24-12-10-16/h5-13,20H,4H2,1-3H3/b18-13-/t20-/m1/s1. The zero-order chi connectivity index (χ0) is 21.3. The van der Waals surface area contributed by atoms with Crippen LogP contribution in [-0.4, -0.2) is 22.1 Å². The second kappa shape index (κ2) is 8.20. The number of esters is 1. The predicted molar refractivity (Wildman–Crippen MR) is 116 cm³/mol. The number of allylic oxidation sites excluding steroid dienone is 1. The fourth-order valence-electron chi connectivity index (χ4n) is 3.47. The number of nitrogens with zero attached hydrogens (tertiary/aromatic N) is 3. The highest BCUT2D eigenvalue weighted by molar-refractivity contribution is 7.07. The van der Waals surface area contributed by atoms with Crippen LogP contribution in [0.2, 0.25) is 0 Å². The molecular weight excluding hydrogens is 398 g/mol. The number of aromatic nitrogens is 2. The fraction of sp³-hybridized carbons (Fsp3) is 0.217. The van der Waals surface area contributed by atoms with Gasteiger partial charge < -0.3 is 4.74 Å². The number of benzene rings is 1. The maximum Gasteiger partial charge on any atom is 0.338 e. The molecule has 0 bridgehead atoms. The molecule has 0 unspecified atom stereocenters. The average molecular weight is 420 g/mol. The summed E-state index contributed by atoms with van der Waals surface area (Å²) in [5.74, 6) is -0.451. The van der Waals surface area contributed by atoms with Crippen LogP contribution in [0.15, 0.2) is 69.8 Å². The Morgan fingerprint density at radius 3 is 2.53 bits per heavy atom. The van der Waals surface area contributed by atoms with Crippen LogP contribution in [0, 0.1) is 6.92 Å². The quantitative estimate of drug-likeness (QED) is 0.609. The summed E-state index contributed by atoms with van der Waals surface area (Å²) in [7, 11) is 0. The molecule has 0 aliphatic carbocycles. The van der Waals surface area contributed by atoms with Gasteiger partial charge in [0.1, 0.15) is 0 Å². The maximum atomic E-state index is 13.4. The molecule has 1 atom stereocenters. The van der Waals surface area contributed by atoms with Crippen molar-refractivity contribution in [2.75, 3.05) is 6.61 Å². The second-order valence-corrected chi connectivity index (χ2v) is 8.00. The van der Waals surface area contributed by atoms with E-state index in [4.69, 9.17) is 4.74 Å². The molecule has 152 valence electrons. The number of ether oxygens (including phenoxy) is 1. The van der Waals surface area contributed by atoms with Crippen molar-refractivity contribution in [3.8, 4) is 0 Å². The molecule has 7 heteroatoms. The van der Waals surface area contributed by atoms with Gasteiger partial charge in [-0.2, -0.15) is 0 Å². The van der Waals surface area contributed by atoms with Crippen LogP contribution in [0.3, 0.4) is 0 Å². The smallest absolute Gasteiger partial charge is 0.338 e. The summed E-state index contributed by atoms with van der Waals surface area (Å²) < 4.78 is 7.45. The molecule has 0 saturated heterocycles. The van der Waals surface area contributed by atoms with E-state index in [0.29, 0.717) is 20.6 Å². The number of hydrogen-bond donors (Lipinski definition) is 0. The van der Waals surface area contributed by atoms with E-state index >= 15 is 0 Å². The Balaban J connectivity index is 1.96. The van der Waals surface area contributed by atoms with Crippen LogP contribution in [0.5, 0.6) is 0 Å². The van der Waals surface area contributed by atoms with E-state index in [1.807, 2.05) is 49.4 Å². The number of thiazole rings is 1. The lowest BCUT2D eigenvalue weighted by Gasteiger charge is -2.24. The van der Waals surface area contributed by atoms with E-state index in [9.17, 15) is 9.59 Å². The first kappa shape index (κ1) is 20.0. The van der Waals surface area contributed by atoms with Gasteiger partial charge in [0.15, 0.2) is 4.80 Å². The van der Waals surface area contributed by atoms with E-state index in [0.717, 1.165) is 16.7 Å². The summed E-state index contributed by atoms with van der Waals surface area (Å²) in [6.07, 6.45) is 5.18. The van der Waals surface area contributed by atoms with Crippen molar-refractivity contribution in [2.45, 2.75) is 26.8 Å². The summed E-state index contributed by atoms with van der Waals surface area (Å²) in [5.41, 5.74) is 3.59. The minimum atomic E-state index is -0.583. The summed E-state index contributed by atoms with van der Waals surface area (Å²) in [6.45, 7) is 5.80. The summed E-state index contributed by atoms with van der Waals surface area (Å²) >= 11 is 1.31. The molecule has 3 aromatic rings. The van der Waals surface area contributed by atoms with Gasteiger partial charge in [-0.3, -0.25) is 14.3 Å². The molecule has 0 saturated carbocycles. The van der Waals surface area contributed by atoms with Gasteiger partial charge in [-0.1, -0.05) is 41.2 Å². The number of pyridine rings is 1. The van der Waals surface area contributed by atoms with E-state index < -0.39 is 12.0 Å². The van der Waals surface area contributed by atoms with Gasteiger partial charge in [0.05, 0.1) is 28.5 Å². The first-order valence-electron chi connectivity index (χ1n) is 9.66. The van der Waals surface area contributed by atoms with Crippen molar-refractivity contribution in [1.82, 2.24) is 9.55 Å². The molecule has 0 radical (unpaired) electrons. The van der Waals surface area contributed by atoms with Gasteiger partial charge >= 0.3 is 5.97 Å². The minimum absolute atomic E-state index is 0.185. The molecule has 1 aromatic carbocycles. The van der Waals surface area contributed by atoms with Gasteiger partial charge in [-0.15, -0.1) is 0 Å². The lowest BCUT2D eigenvalue weighted by Crippen LogP contribution is -2.39. The van der Waals surface area contributed by atoms with Gasteiger partial charge in [0.25, 0.3) is 5.56 Å². The highest BCUT2D eigenvalue weighted by Crippen LogP contribution is 2.30. The van der Waals surface area contributed by atoms with E-state index in [2.05, 4.69) is 9.98 Å². The molecule has 1 aliphatic rings. The molecular formula is C23H21N3O3S. The Bertz CT molecular complexity index is 1300. The third-order valence-electron chi connectivity index (χ3n) is 4.91. The van der Waals surface area contributed by atoms with Crippen molar-refractivity contribution in [3.05, 3.63) is 96.4 Å². The lowest BCUT2D eigenvalue weighted by molar-refractivity contribution is -0.139. The SMILES string of the molecule is CCOC(=O)C1=C(C)N=c2s/c(=C\c3ccncc3)c(=O)n2[C@@H]1c1ccc(C)cc1. The van der Waals surface area contributed by atoms with Gasteiger partial charge in [0.2, 0.25) is 0 Å². The molecule has 0 spiro atoms. The first-order valence-corrected chi connectivity index (χ1v) is 10.5. The topological polar surface area (TPSA) is 73.6 Å². The summed E-state index contributed by atoms with van der Waals surface area (Å²) in [6, 6.07) is 10.9. The van der Waals surface area contributed by atoms with Crippen LogP contribution in [0.25, 0.3) is 6.08 Å². The number of aryl methyl sites for hydroxylation is 1. The number of fused-ring (bicyclic) bond motifs is 1. The Hall–Kier alpha value is -3.32. The zero-order valence-corrected chi connectivity index (χ0v) is 17.8. The first-order chi connectivity index (χ1) is 14.5. The van der Waals surface area contributed by atoms with Crippen molar-refractivity contribution < 1.29 is 9.53 Å². The molecule has 3 heterocycles. The molecule has 0 fully saturated rings. The van der Waals surface area contributed by atoms with Crippen LogP contribution >= 0.6 is 11.3 Å². The number of carbonyl (C=O) groups is 1. The van der Waals surface area contributed by atoms with Crippen LogP contribution in [0.1, 0.15) is 36.6 Å². The van der Waals surface area contributed by atoms with Gasteiger partial charge in [-0.05, 0) is 50.1 Å². The second-order valence-electron chi connectivity index (χ2n) is 6.99. The van der Waals surface area contributed by atoms with Gasteiger partial charge in [-0.25, -0.2) is 9.79 Å². The largest absolute Gasteiger partial charge is 0.463 e. The van der Waals surface area contributed by atoms with Crippen molar-refractivity contribution in [3.63, 3.8) is 0 Å². The number of hydrogen-bond acceptors (Lipinski definition) is 6. The Labute approximate surface area is 177 Å². The number of rotatable bonds is 4. The Morgan fingerprint density at radius 2 is 1.87 bits per heavy atom. The van der Waals surface area contributed by atoms with E-state index in [1.165, 1.54) is 11.3 Å². The normalized spacial score (nSPS) is 16.2. The van der Waals surface area contributed by atoms with Crippen LogP contribution < -0.4 is 14.9 Å². The Morgan fingerprint density at radius 1 is 1.17 bits per heavy atom. The average Bonchev–Trinajstić information content (AvgIpc) is 3.03. The molecule has 1 aliphatic heterocycles. The maximum absolute atomic E-state index is 13.4. The molecule has 6 nitrogen and oxygen atoms in total. The highest BCUT2D eigenvalue weighted by Gasteiger charge is 2.33. The monoisotopic (exact) mass is 419 g/mol. The molecule has 30 heavy (non-hydrogen) atoms. The summed E-state index contributed by atoms with van der Waals surface area (Å²) in [4.78, 5) is 35.4. The van der Waals surface area contributed by atoms with E-state index in [1.54, 1.807) is 30.8 Å². The van der Waals surface area contributed by atoms with Crippen LogP contribution in [0.4, 0.5) is 0 Å². The minimum Gasteiger partial charge on any atom is -0.463 e. The molecule has 4 rings (SSSR count). The molecule has 2 aromatic heterocycles. The fourth-order valence-corrected chi connectivity index (χ4v) is 4.51. The number of carbonyl (C=O) groups excluding carboxylic acids is 1. The van der Waals surface area contributed by atoms with E-state index in [-0.39, 0.29) is 12.2 Å². The highest BCUT2D eigenvalue weighted by atomic mass is 32.1. The predicted octanol–water partition coefficient (Wildman–Crippen LogP) is 2.50. The lowest BCUT2D eigenvalue weighted by atomic mass is 9.95. The van der Waals surface area contributed by atoms with Crippen molar-refractivity contribution in [1.29, 1.82) is 0 Å². The van der Waals surface area contributed by atoms with Crippen molar-refractivity contribution in [2.24, 2.45) is 4.99 Å². The third kappa shape index (κ3) is 3.64. The van der Waals surface area contributed by atoms with Crippen molar-refractivity contribution >= 4 is 23.4 Å². The zero-order valence-electron chi connectivity index (χ0n) is 17.0. The summed E-state index contributed by atoms with van der Waals surface area (Å²) in [5, 5.41) is 0. The molecule has 0 N–H and O–H groups in total.